The number of benzene rings is 1. The van der Waals surface area contributed by atoms with Crippen LogP contribution in [0.25, 0.3) is 0 Å². The van der Waals surface area contributed by atoms with E-state index in [1.54, 1.807) is 7.11 Å². The minimum Gasteiger partial charge on any atom is -0.490 e. The number of rotatable bonds is 7. The van der Waals surface area contributed by atoms with Crippen molar-refractivity contribution in [2.45, 2.75) is 57.8 Å². The van der Waals surface area contributed by atoms with E-state index < -0.39 is 0 Å². The van der Waals surface area contributed by atoms with Gasteiger partial charge < -0.3 is 14.8 Å². The maximum atomic E-state index is 6.26. The minimum atomic E-state index is 0.273. The standard InChI is InChI=1S/C17H26BrNO2/c1-3-9-19-12-13-10-14(18)7-8-17(13)21-16-6-4-5-15(11-16)20-2/h7-8,10,15-16,19H,3-6,9,11-12H2,1-2H3. The Morgan fingerprint density at radius 2 is 2.10 bits per heavy atom. The van der Waals surface area contributed by atoms with E-state index in [1.807, 2.05) is 0 Å². The highest BCUT2D eigenvalue weighted by Gasteiger charge is 2.23. The van der Waals surface area contributed by atoms with Gasteiger partial charge in [0, 0.05) is 30.1 Å². The summed E-state index contributed by atoms with van der Waals surface area (Å²) in [4.78, 5) is 0. The Kier molecular flexibility index (Phi) is 7.00. The third kappa shape index (κ3) is 5.28. The molecule has 1 aliphatic carbocycles. The maximum Gasteiger partial charge on any atom is 0.124 e. The molecule has 1 saturated carbocycles. The molecule has 0 aliphatic heterocycles. The molecule has 4 heteroatoms. The Balaban J connectivity index is 2.00. The number of halogens is 1. The Labute approximate surface area is 136 Å². The Hall–Kier alpha value is -0.580. The monoisotopic (exact) mass is 355 g/mol. The summed E-state index contributed by atoms with van der Waals surface area (Å²) < 4.78 is 12.9. The molecule has 2 atom stereocenters. The second-order valence-corrected chi connectivity index (χ2v) is 6.61. The first-order valence-electron chi connectivity index (χ1n) is 7.91. The Morgan fingerprint density at radius 3 is 2.86 bits per heavy atom. The van der Waals surface area contributed by atoms with Gasteiger partial charge in [0.05, 0.1) is 6.10 Å². The van der Waals surface area contributed by atoms with E-state index in [4.69, 9.17) is 9.47 Å². The zero-order valence-electron chi connectivity index (χ0n) is 13.0. The summed E-state index contributed by atoms with van der Waals surface area (Å²) >= 11 is 3.55. The van der Waals surface area contributed by atoms with Crippen molar-refractivity contribution in [3.63, 3.8) is 0 Å². The molecule has 1 fully saturated rings. The van der Waals surface area contributed by atoms with E-state index >= 15 is 0 Å². The van der Waals surface area contributed by atoms with E-state index in [1.165, 1.54) is 12.0 Å². The predicted octanol–water partition coefficient (Wildman–Crippen LogP) is 4.29. The van der Waals surface area contributed by atoms with E-state index in [9.17, 15) is 0 Å². The Morgan fingerprint density at radius 1 is 1.29 bits per heavy atom. The van der Waals surface area contributed by atoms with Gasteiger partial charge in [-0.05, 0) is 50.4 Å². The summed E-state index contributed by atoms with van der Waals surface area (Å²) in [5, 5.41) is 3.45. The lowest BCUT2D eigenvalue weighted by molar-refractivity contribution is 0.0206. The molecule has 0 heterocycles. The third-order valence-corrected chi connectivity index (χ3v) is 4.46. The van der Waals surface area contributed by atoms with Crippen molar-refractivity contribution in [2.75, 3.05) is 13.7 Å². The molecule has 1 N–H and O–H groups in total. The molecule has 0 amide bonds. The van der Waals surface area contributed by atoms with Crippen LogP contribution in [-0.2, 0) is 11.3 Å². The smallest absolute Gasteiger partial charge is 0.124 e. The summed E-state index contributed by atoms with van der Waals surface area (Å²) in [5.74, 6) is 1.00. The molecule has 21 heavy (non-hydrogen) atoms. The van der Waals surface area contributed by atoms with Crippen LogP contribution in [-0.4, -0.2) is 25.9 Å². The van der Waals surface area contributed by atoms with Gasteiger partial charge >= 0.3 is 0 Å². The van der Waals surface area contributed by atoms with Gasteiger partial charge in [-0.25, -0.2) is 0 Å². The van der Waals surface area contributed by atoms with Crippen molar-refractivity contribution in [2.24, 2.45) is 0 Å². The van der Waals surface area contributed by atoms with E-state index in [2.05, 4.69) is 46.4 Å². The summed E-state index contributed by atoms with van der Waals surface area (Å²) in [6.45, 7) is 4.06. The summed E-state index contributed by atoms with van der Waals surface area (Å²) in [7, 11) is 1.80. The molecular formula is C17H26BrNO2. The van der Waals surface area contributed by atoms with Crippen molar-refractivity contribution in [3.8, 4) is 5.75 Å². The zero-order valence-corrected chi connectivity index (χ0v) is 14.6. The van der Waals surface area contributed by atoms with E-state index in [-0.39, 0.29) is 6.10 Å². The van der Waals surface area contributed by atoms with Gasteiger partial charge in [-0.2, -0.15) is 0 Å². The molecule has 1 aromatic rings. The van der Waals surface area contributed by atoms with Crippen LogP contribution in [0, 0.1) is 0 Å². The van der Waals surface area contributed by atoms with E-state index in [0.29, 0.717) is 6.10 Å². The van der Waals surface area contributed by atoms with Gasteiger partial charge in [-0.15, -0.1) is 0 Å². The van der Waals surface area contributed by atoms with Crippen molar-refractivity contribution < 1.29 is 9.47 Å². The van der Waals surface area contributed by atoms with Crippen LogP contribution in [0.4, 0.5) is 0 Å². The van der Waals surface area contributed by atoms with Crippen LogP contribution in [0.1, 0.15) is 44.6 Å². The molecular weight excluding hydrogens is 330 g/mol. The minimum absolute atomic E-state index is 0.273. The fraction of sp³-hybridized carbons (Fsp3) is 0.647. The van der Waals surface area contributed by atoms with Crippen molar-refractivity contribution in [3.05, 3.63) is 28.2 Å². The lowest BCUT2D eigenvalue weighted by Crippen LogP contribution is -2.30. The number of hydrogen-bond donors (Lipinski definition) is 1. The summed E-state index contributed by atoms with van der Waals surface area (Å²) in [6, 6.07) is 6.27. The first-order chi connectivity index (χ1) is 10.2. The molecule has 2 rings (SSSR count). The molecule has 1 aromatic carbocycles. The number of ether oxygens (including phenoxy) is 2. The highest BCUT2D eigenvalue weighted by atomic mass is 79.9. The van der Waals surface area contributed by atoms with Gasteiger partial charge in [0.2, 0.25) is 0 Å². The van der Waals surface area contributed by atoms with Gasteiger partial charge in [0.25, 0.3) is 0 Å². The fourth-order valence-corrected chi connectivity index (χ4v) is 3.21. The topological polar surface area (TPSA) is 30.5 Å². The van der Waals surface area contributed by atoms with Crippen LogP contribution in [0.5, 0.6) is 5.75 Å². The normalized spacial score (nSPS) is 22.2. The Bertz CT molecular complexity index is 439. The van der Waals surface area contributed by atoms with Gasteiger partial charge in [0.15, 0.2) is 0 Å². The maximum absolute atomic E-state index is 6.26. The van der Waals surface area contributed by atoms with Gasteiger partial charge in [-0.1, -0.05) is 22.9 Å². The zero-order chi connectivity index (χ0) is 15.1. The van der Waals surface area contributed by atoms with Crippen molar-refractivity contribution in [1.82, 2.24) is 5.32 Å². The average molecular weight is 356 g/mol. The number of methoxy groups -OCH3 is 1. The largest absolute Gasteiger partial charge is 0.490 e. The van der Waals surface area contributed by atoms with Gasteiger partial charge in [0.1, 0.15) is 11.9 Å². The quantitative estimate of drug-likeness (QED) is 0.740. The summed E-state index contributed by atoms with van der Waals surface area (Å²) in [6.07, 6.45) is 6.22. The molecule has 0 saturated heterocycles. The average Bonchev–Trinajstić information content (AvgIpc) is 2.50. The van der Waals surface area contributed by atoms with E-state index in [0.717, 1.165) is 49.0 Å². The first-order valence-corrected chi connectivity index (χ1v) is 8.70. The van der Waals surface area contributed by atoms with Crippen LogP contribution < -0.4 is 10.1 Å². The molecule has 0 spiro atoms. The molecule has 3 nitrogen and oxygen atoms in total. The SMILES string of the molecule is CCCNCc1cc(Br)ccc1OC1CCCC(OC)C1. The van der Waals surface area contributed by atoms with Gasteiger partial charge in [-0.3, -0.25) is 0 Å². The number of hydrogen-bond acceptors (Lipinski definition) is 3. The molecule has 0 radical (unpaired) electrons. The van der Waals surface area contributed by atoms with Crippen molar-refractivity contribution >= 4 is 15.9 Å². The first kappa shape index (κ1) is 16.8. The van der Waals surface area contributed by atoms with Crippen LogP contribution in [0.3, 0.4) is 0 Å². The second kappa shape index (κ2) is 8.76. The van der Waals surface area contributed by atoms with Crippen LogP contribution in [0.15, 0.2) is 22.7 Å². The molecule has 118 valence electrons. The van der Waals surface area contributed by atoms with Crippen LogP contribution >= 0.6 is 15.9 Å². The second-order valence-electron chi connectivity index (χ2n) is 5.69. The third-order valence-electron chi connectivity index (χ3n) is 3.97. The lowest BCUT2D eigenvalue weighted by atomic mass is 9.95. The molecule has 1 aliphatic rings. The van der Waals surface area contributed by atoms with Crippen molar-refractivity contribution in [1.29, 1.82) is 0 Å². The molecule has 0 bridgehead atoms. The fourth-order valence-electron chi connectivity index (χ4n) is 2.80. The highest BCUT2D eigenvalue weighted by molar-refractivity contribution is 9.10. The lowest BCUT2D eigenvalue weighted by Gasteiger charge is -2.29. The van der Waals surface area contributed by atoms with Crippen LogP contribution in [0.2, 0.25) is 0 Å². The predicted molar refractivity (Wildman–Crippen MR) is 89.8 cm³/mol. The molecule has 2 unspecified atom stereocenters. The summed E-state index contributed by atoms with van der Waals surface area (Å²) in [5.41, 5.74) is 1.22. The number of nitrogens with one attached hydrogen (secondary N) is 1. The highest BCUT2D eigenvalue weighted by Crippen LogP contribution is 2.29. The molecule has 0 aromatic heterocycles.